The largest absolute Gasteiger partial charge is 0.367 e. The number of aromatic nitrogens is 3. The number of nitrogens with zero attached hydrogens (tertiary/aromatic N) is 3. The van der Waals surface area contributed by atoms with Crippen molar-refractivity contribution in [2.75, 3.05) is 13.1 Å². The summed E-state index contributed by atoms with van der Waals surface area (Å²) in [7, 11) is 0. The Morgan fingerprint density at radius 1 is 1.37 bits per heavy atom. The molecule has 0 radical (unpaired) electrons. The van der Waals surface area contributed by atoms with E-state index in [1.54, 1.807) is 25.4 Å². The van der Waals surface area contributed by atoms with Crippen molar-refractivity contribution in [3.63, 3.8) is 0 Å². The summed E-state index contributed by atoms with van der Waals surface area (Å²) >= 11 is 0. The Bertz CT molecular complexity index is 815. The number of likely N-dealkylation sites (N-methyl/N-ethyl adjacent to an activating group) is 1. The smallest absolute Gasteiger partial charge is 0.253 e. The zero-order valence-corrected chi connectivity index (χ0v) is 15.2. The zero-order chi connectivity index (χ0) is 19.4. The van der Waals surface area contributed by atoms with Crippen LogP contribution >= 0.6 is 0 Å². The van der Waals surface area contributed by atoms with E-state index in [-0.39, 0.29) is 36.7 Å². The molecule has 2 aromatic rings. The molecule has 10 heteroatoms. The monoisotopic (exact) mass is 374 g/mol. The summed E-state index contributed by atoms with van der Waals surface area (Å²) in [5, 5.41) is 13.0. The van der Waals surface area contributed by atoms with E-state index in [0.717, 1.165) is 0 Å². The molecule has 3 rings (SSSR count). The van der Waals surface area contributed by atoms with Crippen molar-refractivity contribution in [1.29, 1.82) is 0 Å². The number of hydrogen-bond donors (Lipinski definition) is 3. The molecule has 2 aromatic heterocycles. The summed E-state index contributed by atoms with van der Waals surface area (Å²) in [5.41, 5.74) is 1.47. The van der Waals surface area contributed by atoms with Crippen LogP contribution in [0.15, 0.2) is 23.1 Å². The van der Waals surface area contributed by atoms with Crippen LogP contribution in [-0.4, -0.2) is 63.1 Å². The third-order valence-corrected chi connectivity index (χ3v) is 4.54. The van der Waals surface area contributed by atoms with Crippen LogP contribution in [0, 0.1) is 6.92 Å². The fourth-order valence-corrected chi connectivity index (χ4v) is 3.15. The molecule has 0 saturated carbocycles. The van der Waals surface area contributed by atoms with Crippen molar-refractivity contribution in [3.05, 3.63) is 35.4 Å². The average Bonchev–Trinajstić information content (AvgIpc) is 3.37. The lowest BCUT2D eigenvalue weighted by atomic mass is 10.1. The summed E-state index contributed by atoms with van der Waals surface area (Å²) in [6.45, 7) is 4.23. The Labute approximate surface area is 155 Å². The van der Waals surface area contributed by atoms with Crippen LogP contribution in [0.25, 0.3) is 0 Å². The van der Waals surface area contributed by atoms with E-state index in [0.29, 0.717) is 29.9 Å². The fraction of sp³-hybridized carbons (Fsp3) is 0.471. The van der Waals surface area contributed by atoms with Crippen LogP contribution in [0.3, 0.4) is 0 Å². The molecule has 1 aliphatic heterocycles. The number of aromatic amines is 1. The third-order valence-electron chi connectivity index (χ3n) is 4.54. The van der Waals surface area contributed by atoms with Gasteiger partial charge in [0.15, 0.2) is 0 Å². The summed E-state index contributed by atoms with van der Waals surface area (Å²) in [4.78, 5) is 41.8. The number of amides is 3. The topological polar surface area (TPSA) is 133 Å². The van der Waals surface area contributed by atoms with Crippen LogP contribution < -0.4 is 10.6 Å². The van der Waals surface area contributed by atoms with Gasteiger partial charge in [0.1, 0.15) is 17.4 Å². The molecule has 1 saturated heterocycles. The van der Waals surface area contributed by atoms with Crippen molar-refractivity contribution >= 4 is 17.7 Å². The Morgan fingerprint density at radius 3 is 2.81 bits per heavy atom. The number of carbonyl (C=O) groups is 3. The Balaban J connectivity index is 1.71. The lowest BCUT2D eigenvalue weighted by molar-refractivity contribution is -0.138. The molecule has 3 amide bonds. The minimum atomic E-state index is -0.644. The lowest BCUT2D eigenvalue weighted by Gasteiger charge is -2.23. The fourth-order valence-electron chi connectivity index (χ4n) is 3.15. The predicted molar refractivity (Wildman–Crippen MR) is 93.6 cm³/mol. The zero-order valence-electron chi connectivity index (χ0n) is 15.2. The summed E-state index contributed by atoms with van der Waals surface area (Å²) in [6.07, 6.45) is 3.59. The highest BCUT2D eigenvalue weighted by atomic mass is 16.6. The van der Waals surface area contributed by atoms with E-state index >= 15 is 0 Å². The number of likely N-dealkylation sites (tertiary alicyclic amines) is 1. The van der Waals surface area contributed by atoms with Gasteiger partial charge in [-0.3, -0.25) is 14.4 Å². The molecule has 10 nitrogen and oxygen atoms in total. The Hall–Kier alpha value is -3.17. The summed E-state index contributed by atoms with van der Waals surface area (Å²) in [5.74, 6) is -0.746. The molecule has 0 bridgehead atoms. The van der Waals surface area contributed by atoms with Crippen LogP contribution in [0.4, 0.5) is 0 Å². The van der Waals surface area contributed by atoms with E-state index in [1.807, 2.05) is 6.92 Å². The minimum absolute atomic E-state index is 0.0102. The van der Waals surface area contributed by atoms with Gasteiger partial charge in [-0.15, -0.1) is 0 Å². The van der Waals surface area contributed by atoms with Gasteiger partial charge in [0.05, 0.1) is 12.0 Å². The first-order chi connectivity index (χ1) is 13.0. The maximum atomic E-state index is 12.8. The van der Waals surface area contributed by atoms with Gasteiger partial charge in [-0.2, -0.15) is 0 Å². The lowest BCUT2D eigenvalue weighted by Crippen LogP contribution is -2.46. The average molecular weight is 374 g/mol. The number of carbonyl (C=O) groups excluding carboxylic acids is 3. The van der Waals surface area contributed by atoms with Gasteiger partial charge in [0.25, 0.3) is 5.91 Å². The van der Waals surface area contributed by atoms with Gasteiger partial charge < -0.3 is 20.5 Å². The van der Waals surface area contributed by atoms with Crippen molar-refractivity contribution < 1.29 is 19.0 Å². The van der Waals surface area contributed by atoms with E-state index in [1.165, 1.54) is 4.90 Å². The van der Waals surface area contributed by atoms with E-state index in [2.05, 4.69) is 30.6 Å². The summed E-state index contributed by atoms with van der Waals surface area (Å²) < 4.78 is 4.63. The molecule has 27 heavy (non-hydrogen) atoms. The summed E-state index contributed by atoms with van der Waals surface area (Å²) in [6, 6.07) is 0.698. The SMILES string of the molecule is CCNC(=O)[C@@H]1C[C@@H](NC(=O)c2cc[nH]c2)CN1C(=O)Cc1nonc1C. The van der Waals surface area contributed by atoms with Gasteiger partial charge in [-0.25, -0.2) is 4.63 Å². The van der Waals surface area contributed by atoms with Gasteiger partial charge in [-0.05, 0) is 26.3 Å². The predicted octanol–water partition coefficient (Wildman–Crippen LogP) is -0.216. The molecular weight excluding hydrogens is 352 g/mol. The first-order valence-electron chi connectivity index (χ1n) is 8.78. The van der Waals surface area contributed by atoms with E-state index < -0.39 is 6.04 Å². The second-order valence-corrected chi connectivity index (χ2v) is 6.44. The Morgan fingerprint density at radius 2 is 2.19 bits per heavy atom. The van der Waals surface area contributed by atoms with Crippen LogP contribution in [0.2, 0.25) is 0 Å². The molecule has 144 valence electrons. The van der Waals surface area contributed by atoms with Gasteiger partial charge in [0, 0.05) is 31.5 Å². The Kier molecular flexibility index (Phi) is 5.53. The normalized spacial score (nSPS) is 19.1. The highest BCUT2D eigenvalue weighted by Gasteiger charge is 2.40. The highest BCUT2D eigenvalue weighted by Crippen LogP contribution is 2.20. The second kappa shape index (κ2) is 8.02. The first kappa shape index (κ1) is 18.6. The first-order valence-corrected chi connectivity index (χ1v) is 8.78. The number of aryl methyl sites for hydroxylation is 1. The molecule has 1 fully saturated rings. The number of hydrogen-bond acceptors (Lipinski definition) is 6. The third kappa shape index (κ3) is 4.15. The van der Waals surface area contributed by atoms with Crippen molar-refractivity contribution in [2.45, 2.75) is 38.8 Å². The number of rotatable bonds is 6. The number of nitrogens with one attached hydrogen (secondary N) is 3. The van der Waals surface area contributed by atoms with Gasteiger partial charge in [-0.1, -0.05) is 10.3 Å². The molecule has 0 aromatic carbocycles. The van der Waals surface area contributed by atoms with E-state index in [4.69, 9.17) is 0 Å². The van der Waals surface area contributed by atoms with Crippen LogP contribution in [-0.2, 0) is 16.0 Å². The van der Waals surface area contributed by atoms with Crippen molar-refractivity contribution in [2.24, 2.45) is 0 Å². The molecule has 3 N–H and O–H groups in total. The molecule has 1 aliphatic rings. The van der Waals surface area contributed by atoms with Crippen LogP contribution in [0.5, 0.6) is 0 Å². The maximum absolute atomic E-state index is 12.8. The van der Waals surface area contributed by atoms with Crippen LogP contribution in [0.1, 0.15) is 35.1 Å². The molecule has 2 atom stereocenters. The maximum Gasteiger partial charge on any atom is 0.253 e. The molecule has 3 heterocycles. The number of H-pyrrole nitrogens is 1. The van der Waals surface area contributed by atoms with Crippen molar-refractivity contribution in [3.8, 4) is 0 Å². The second-order valence-electron chi connectivity index (χ2n) is 6.44. The molecule has 0 spiro atoms. The van der Waals surface area contributed by atoms with E-state index in [9.17, 15) is 14.4 Å². The van der Waals surface area contributed by atoms with Gasteiger partial charge >= 0.3 is 0 Å². The quantitative estimate of drug-likeness (QED) is 0.640. The minimum Gasteiger partial charge on any atom is -0.367 e. The van der Waals surface area contributed by atoms with Gasteiger partial charge in [0.2, 0.25) is 11.8 Å². The molecule has 0 aliphatic carbocycles. The standard InChI is InChI=1S/C17H22N6O4/c1-3-19-17(26)14-6-12(20-16(25)11-4-5-18-8-11)9-23(14)15(24)7-13-10(2)21-27-22-13/h4-5,8,12,14,18H,3,6-7,9H2,1-2H3,(H,19,26)(H,20,25)/t12-,14+/m1/s1. The van der Waals surface area contributed by atoms with Crippen molar-refractivity contribution in [1.82, 2.24) is 30.8 Å². The highest BCUT2D eigenvalue weighted by molar-refractivity contribution is 5.94. The molecule has 0 unspecified atom stereocenters. The molecular formula is C17H22N6O4.